The number of allylic oxidation sites excluding steroid dienone is 5. The van der Waals surface area contributed by atoms with E-state index >= 15 is 0 Å². The van der Waals surface area contributed by atoms with Gasteiger partial charge in [-0.1, -0.05) is 34.9 Å². The van der Waals surface area contributed by atoms with E-state index in [9.17, 15) is 0 Å². The van der Waals surface area contributed by atoms with Crippen molar-refractivity contribution < 1.29 is 5.11 Å². The van der Waals surface area contributed by atoms with Gasteiger partial charge in [-0.15, -0.1) is 0 Å². The van der Waals surface area contributed by atoms with Crippen LogP contribution in [0.1, 0.15) is 66.2 Å². The van der Waals surface area contributed by atoms with Gasteiger partial charge in [0.15, 0.2) is 0 Å². The molecule has 0 aliphatic carbocycles. The standard InChI is InChI=1S/C17H30O/c1-15(2)9-7-12-16(3)10-5-6-11-17(4)13-8-14-18/h9-10,13,18H,5-8,11-12,14H2,1-4H3/b16-10+,17-13+. The van der Waals surface area contributed by atoms with Crippen LogP contribution in [0.15, 0.2) is 34.9 Å². The van der Waals surface area contributed by atoms with Gasteiger partial charge in [0.25, 0.3) is 0 Å². The number of aliphatic hydroxyl groups is 1. The molecule has 0 radical (unpaired) electrons. The molecule has 0 aromatic rings. The van der Waals surface area contributed by atoms with E-state index in [4.69, 9.17) is 5.11 Å². The van der Waals surface area contributed by atoms with Crippen LogP contribution in [0.25, 0.3) is 0 Å². The molecule has 0 bridgehead atoms. The molecule has 0 aromatic carbocycles. The van der Waals surface area contributed by atoms with E-state index in [1.54, 1.807) is 0 Å². The molecule has 0 aliphatic heterocycles. The molecule has 1 heteroatoms. The fourth-order valence-corrected chi connectivity index (χ4v) is 1.83. The Kier molecular flexibility index (Phi) is 10.8. The quantitative estimate of drug-likeness (QED) is 0.441. The van der Waals surface area contributed by atoms with Crippen LogP contribution in [0.4, 0.5) is 0 Å². The predicted molar refractivity (Wildman–Crippen MR) is 81.7 cm³/mol. The van der Waals surface area contributed by atoms with E-state index in [0.29, 0.717) is 0 Å². The van der Waals surface area contributed by atoms with Crippen molar-refractivity contribution in [3.8, 4) is 0 Å². The first-order valence-electron chi connectivity index (χ1n) is 7.11. The highest BCUT2D eigenvalue weighted by Gasteiger charge is 1.92. The summed E-state index contributed by atoms with van der Waals surface area (Å²) in [5.74, 6) is 0. The summed E-state index contributed by atoms with van der Waals surface area (Å²) >= 11 is 0. The first-order valence-corrected chi connectivity index (χ1v) is 7.11. The maximum absolute atomic E-state index is 8.72. The Morgan fingerprint density at radius 3 is 2.00 bits per heavy atom. The highest BCUT2D eigenvalue weighted by atomic mass is 16.2. The maximum atomic E-state index is 8.72. The van der Waals surface area contributed by atoms with Crippen LogP contribution >= 0.6 is 0 Å². The summed E-state index contributed by atoms with van der Waals surface area (Å²) in [6.07, 6.45) is 13.5. The van der Waals surface area contributed by atoms with Gasteiger partial charge >= 0.3 is 0 Å². The van der Waals surface area contributed by atoms with Crippen LogP contribution in [0, 0.1) is 0 Å². The third kappa shape index (κ3) is 11.7. The Balaban J connectivity index is 3.71. The first kappa shape index (κ1) is 17.2. The molecule has 1 N–H and O–H groups in total. The van der Waals surface area contributed by atoms with Gasteiger partial charge in [-0.25, -0.2) is 0 Å². The number of rotatable bonds is 9. The van der Waals surface area contributed by atoms with Crippen LogP contribution in [-0.4, -0.2) is 11.7 Å². The molecule has 0 atom stereocenters. The monoisotopic (exact) mass is 250 g/mol. The molecular weight excluding hydrogens is 220 g/mol. The van der Waals surface area contributed by atoms with Gasteiger partial charge in [0.05, 0.1) is 0 Å². The Morgan fingerprint density at radius 1 is 0.778 bits per heavy atom. The van der Waals surface area contributed by atoms with Gasteiger partial charge < -0.3 is 5.11 Å². The summed E-state index contributed by atoms with van der Waals surface area (Å²) in [4.78, 5) is 0. The van der Waals surface area contributed by atoms with Crippen molar-refractivity contribution in [3.63, 3.8) is 0 Å². The number of unbranched alkanes of at least 4 members (excludes halogenated alkanes) is 1. The minimum absolute atomic E-state index is 0.265. The largest absolute Gasteiger partial charge is 0.396 e. The van der Waals surface area contributed by atoms with Gasteiger partial charge in [-0.05, 0) is 66.2 Å². The Bertz CT molecular complexity index is 291. The van der Waals surface area contributed by atoms with E-state index in [0.717, 1.165) is 12.8 Å². The number of hydrogen-bond donors (Lipinski definition) is 1. The second-order valence-corrected chi connectivity index (χ2v) is 5.33. The van der Waals surface area contributed by atoms with E-state index in [1.165, 1.54) is 42.4 Å². The van der Waals surface area contributed by atoms with Crippen molar-refractivity contribution in [2.24, 2.45) is 0 Å². The van der Waals surface area contributed by atoms with Crippen LogP contribution in [0.5, 0.6) is 0 Å². The predicted octanol–water partition coefficient (Wildman–Crippen LogP) is 5.18. The Morgan fingerprint density at radius 2 is 1.39 bits per heavy atom. The van der Waals surface area contributed by atoms with Crippen molar-refractivity contribution in [1.29, 1.82) is 0 Å². The normalized spacial score (nSPS) is 12.7. The lowest BCUT2D eigenvalue weighted by molar-refractivity contribution is 0.302. The molecule has 0 aliphatic rings. The summed E-state index contributed by atoms with van der Waals surface area (Å²) in [5, 5.41) is 8.72. The average molecular weight is 250 g/mol. The molecule has 0 aromatic heterocycles. The second-order valence-electron chi connectivity index (χ2n) is 5.33. The molecule has 0 heterocycles. The van der Waals surface area contributed by atoms with Crippen molar-refractivity contribution in [1.82, 2.24) is 0 Å². The summed E-state index contributed by atoms with van der Waals surface area (Å²) in [6.45, 7) is 8.95. The Hall–Kier alpha value is -0.820. The maximum Gasteiger partial charge on any atom is 0.0465 e. The van der Waals surface area contributed by atoms with E-state index in [-0.39, 0.29) is 6.61 Å². The molecule has 0 saturated carbocycles. The second kappa shape index (κ2) is 11.3. The van der Waals surface area contributed by atoms with Crippen LogP contribution in [0.3, 0.4) is 0 Å². The third-order valence-electron chi connectivity index (χ3n) is 2.98. The summed E-state index contributed by atoms with van der Waals surface area (Å²) in [5.41, 5.74) is 4.32. The highest BCUT2D eigenvalue weighted by molar-refractivity contribution is 5.03. The van der Waals surface area contributed by atoms with Gasteiger partial charge in [0.2, 0.25) is 0 Å². The summed E-state index contributed by atoms with van der Waals surface area (Å²) < 4.78 is 0. The average Bonchev–Trinajstić information content (AvgIpc) is 2.31. The number of hydrogen-bond acceptors (Lipinski definition) is 1. The Labute approximate surface area is 113 Å². The molecule has 1 nitrogen and oxygen atoms in total. The van der Waals surface area contributed by atoms with Crippen LogP contribution in [-0.2, 0) is 0 Å². The van der Waals surface area contributed by atoms with Gasteiger partial charge in [0.1, 0.15) is 0 Å². The fourth-order valence-electron chi connectivity index (χ4n) is 1.83. The smallest absolute Gasteiger partial charge is 0.0465 e. The summed E-state index contributed by atoms with van der Waals surface area (Å²) in [6, 6.07) is 0. The fraction of sp³-hybridized carbons (Fsp3) is 0.647. The lowest BCUT2D eigenvalue weighted by Gasteiger charge is -2.01. The van der Waals surface area contributed by atoms with Crippen LogP contribution < -0.4 is 0 Å². The lowest BCUT2D eigenvalue weighted by atomic mass is 10.1. The minimum atomic E-state index is 0.265. The molecule has 0 unspecified atom stereocenters. The molecule has 0 saturated heterocycles. The summed E-state index contributed by atoms with van der Waals surface area (Å²) in [7, 11) is 0. The molecule has 0 fully saturated rings. The van der Waals surface area contributed by atoms with Crippen molar-refractivity contribution in [2.75, 3.05) is 6.61 Å². The van der Waals surface area contributed by atoms with E-state index in [2.05, 4.69) is 45.9 Å². The molecular formula is C17H30O. The van der Waals surface area contributed by atoms with Gasteiger partial charge in [-0.2, -0.15) is 0 Å². The lowest BCUT2D eigenvalue weighted by Crippen LogP contribution is -1.83. The zero-order chi connectivity index (χ0) is 13.8. The van der Waals surface area contributed by atoms with Crippen molar-refractivity contribution >= 4 is 0 Å². The zero-order valence-electron chi connectivity index (χ0n) is 12.6. The first-order chi connectivity index (χ1) is 8.56. The van der Waals surface area contributed by atoms with Crippen molar-refractivity contribution in [3.05, 3.63) is 34.9 Å². The topological polar surface area (TPSA) is 20.2 Å². The third-order valence-corrected chi connectivity index (χ3v) is 2.98. The molecule has 0 spiro atoms. The van der Waals surface area contributed by atoms with Crippen LogP contribution in [0.2, 0.25) is 0 Å². The van der Waals surface area contributed by atoms with E-state index < -0.39 is 0 Å². The minimum Gasteiger partial charge on any atom is -0.396 e. The van der Waals surface area contributed by atoms with E-state index in [1.807, 2.05) is 0 Å². The van der Waals surface area contributed by atoms with Gasteiger partial charge in [-0.3, -0.25) is 0 Å². The molecule has 0 amide bonds. The number of aliphatic hydroxyl groups excluding tert-OH is 1. The van der Waals surface area contributed by atoms with Gasteiger partial charge in [0, 0.05) is 6.61 Å². The molecule has 104 valence electrons. The SMILES string of the molecule is CC(C)=CCC/C(C)=C/CCC/C(C)=C/CCO. The zero-order valence-corrected chi connectivity index (χ0v) is 12.6. The molecule has 18 heavy (non-hydrogen) atoms. The highest BCUT2D eigenvalue weighted by Crippen LogP contribution is 2.12. The van der Waals surface area contributed by atoms with Crippen molar-refractivity contribution in [2.45, 2.75) is 66.2 Å². The molecule has 0 rings (SSSR count).